The van der Waals surface area contributed by atoms with Crippen LogP contribution in [-0.4, -0.2) is 49.2 Å². The lowest BCUT2D eigenvalue weighted by atomic mass is 10.2. The molecule has 96 valence electrons. The number of benzene rings is 1. The highest BCUT2D eigenvalue weighted by molar-refractivity contribution is 5.46. The second-order valence-corrected chi connectivity index (χ2v) is 3.82. The van der Waals surface area contributed by atoms with Gasteiger partial charge in [0, 0.05) is 25.4 Å². The smallest absolute Gasteiger partial charge is 0.0948 e. The van der Waals surface area contributed by atoms with Gasteiger partial charge in [0.1, 0.15) is 0 Å². The van der Waals surface area contributed by atoms with E-state index in [1.807, 2.05) is 42.2 Å². The van der Waals surface area contributed by atoms with Crippen molar-refractivity contribution in [2.45, 2.75) is 13.0 Å². The maximum absolute atomic E-state index is 9.79. The molecule has 1 aromatic carbocycles. The van der Waals surface area contributed by atoms with Crippen molar-refractivity contribution in [1.82, 2.24) is 0 Å². The van der Waals surface area contributed by atoms with Crippen LogP contribution in [0.3, 0.4) is 0 Å². The van der Waals surface area contributed by atoms with E-state index in [4.69, 9.17) is 9.84 Å². The van der Waals surface area contributed by atoms with E-state index in [9.17, 15) is 5.11 Å². The highest BCUT2D eigenvalue weighted by atomic mass is 16.5. The summed E-state index contributed by atoms with van der Waals surface area (Å²) < 4.78 is 5.17. The van der Waals surface area contributed by atoms with Crippen LogP contribution in [-0.2, 0) is 4.74 Å². The van der Waals surface area contributed by atoms with Gasteiger partial charge in [-0.2, -0.15) is 0 Å². The van der Waals surface area contributed by atoms with Crippen molar-refractivity contribution in [3.63, 3.8) is 0 Å². The highest BCUT2D eigenvalue weighted by Gasteiger charge is 2.11. The molecule has 0 spiro atoms. The number of hydrogen-bond acceptors (Lipinski definition) is 4. The predicted molar refractivity (Wildman–Crippen MR) is 68.2 cm³/mol. The summed E-state index contributed by atoms with van der Waals surface area (Å²) in [7, 11) is 0. The third-order valence-corrected chi connectivity index (χ3v) is 2.44. The average molecular weight is 239 g/mol. The number of aliphatic hydroxyl groups excluding tert-OH is 2. The van der Waals surface area contributed by atoms with Crippen LogP contribution in [0.1, 0.15) is 6.92 Å². The Labute approximate surface area is 102 Å². The van der Waals surface area contributed by atoms with Gasteiger partial charge in [0.25, 0.3) is 0 Å². The maximum Gasteiger partial charge on any atom is 0.0948 e. The first-order valence-electron chi connectivity index (χ1n) is 5.94. The summed E-state index contributed by atoms with van der Waals surface area (Å²) in [5.41, 5.74) is 0.997. The molecular formula is C13H21NO3. The molecular weight excluding hydrogens is 218 g/mol. The Morgan fingerprint density at radius 2 is 2.00 bits per heavy atom. The van der Waals surface area contributed by atoms with Crippen LogP contribution in [0.4, 0.5) is 5.69 Å². The van der Waals surface area contributed by atoms with Gasteiger partial charge in [-0.15, -0.1) is 0 Å². The third-order valence-electron chi connectivity index (χ3n) is 2.44. The first kappa shape index (κ1) is 14.0. The molecule has 0 aliphatic carbocycles. The Kier molecular flexibility index (Phi) is 6.62. The Bertz CT molecular complexity index is 292. The average Bonchev–Trinajstić information content (AvgIpc) is 2.37. The van der Waals surface area contributed by atoms with Crippen molar-refractivity contribution in [2.75, 3.05) is 37.8 Å². The summed E-state index contributed by atoms with van der Waals surface area (Å²) >= 11 is 0. The van der Waals surface area contributed by atoms with Gasteiger partial charge in [-0.1, -0.05) is 18.2 Å². The maximum atomic E-state index is 9.79. The SMILES string of the molecule is CCOCC(O)CN(CCO)c1ccccc1. The van der Waals surface area contributed by atoms with Crippen LogP contribution < -0.4 is 4.90 Å². The molecule has 0 bridgehead atoms. The molecule has 0 aliphatic heterocycles. The van der Waals surface area contributed by atoms with Gasteiger partial charge in [0.2, 0.25) is 0 Å². The fourth-order valence-electron chi connectivity index (χ4n) is 1.65. The molecule has 4 heteroatoms. The van der Waals surface area contributed by atoms with Gasteiger partial charge in [-0.05, 0) is 19.1 Å². The zero-order chi connectivity index (χ0) is 12.5. The number of anilines is 1. The van der Waals surface area contributed by atoms with Gasteiger partial charge in [0.15, 0.2) is 0 Å². The second-order valence-electron chi connectivity index (χ2n) is 3.82. The van der Waals surface area contributed by atoms with E-state index in [1.54, 1.807) is 0 Å². The molecule has 1 unspecified atom stereocenters. The molecule has 1 rings (SSSR count). The van der Waals surface area contributed by atoms with E-state index in [2.05, 4.69) is 0 Å². The summed E-state index contributed by atoms with van der Waals surface area (Å²) in [6.07, 6.45) is -0.540. The summed E-state index contributed by atoms with van der Waals surface area (Å²) in [6.45, 7) is 3.86. The molecule has 1 atom stereocenters. The number of para-hydroxylation sites is 1. The molecule has 0 amide bonds. The van der Waals surface area contributed by atoms with Gasteiger partial charge in [0.05, 0.1) is 19.3 Å². The largest absolute Gasteiger partial charge is 0.395 e. The van der Waals surface area contributed by atoms with Crippen LogP contribution in [0.15, 0.2) is 30.3 Å². The van der Waals surface area contributed by atoms with Crippen molar-refractivity contribution in [2.24, 2.45) is 0 Å². The molecule has 0 radical (unpaired) electrons. The van der Waals surface area contributed by atoms with E-state index >= 15 is 0 Å². The molecule has 0 saturated heterocycles. The fraction of sp³-hybridized carbons (Fsp3) is 0.538. The fourth-order valence-corrected chi connectivity index (χ4v) is 1.65. The minimum atomic E-state index is -0.540. The monoisotopic (exact) mass is 239 g/mol. The van der Waals surface area contributed by atoms with Gasteiger partial charge >= 0.3 is 0 Å². The topological polar surface area (TPSA) is 52.9 Å². The molecule has 0 aliphatic rings. The Balaban J connectivity index is 2.54. The lowest BCUT2D eigenvalue weighted by Crippen LogP contribution is -2.36. The van der Waals surface area contributed by atoms with Gasteiger partial charge in [-0.25, -0.2) is 0 Å². The summed E-state index contributed by atoms with van der Waals surface area (Å²) in [6, 6.07) is 9.74. The quantitative estimate of drug-likeness (QED) is 0.707. The summed E-state index contributed by atoms with van der Waals surface area (Å²) in [5, 5.41) is 18.8. The Morgan fingerprint density at radius 3 is 2.59 bits per heavy atom. The van der Waals surface area contributed by atoms with E-state index < -0.39 is 6.10 Å². The molecule has 4 nitrogen and oxygen atoms in total. The molecule has 0 aromatic heterocycles. The molecule has 0 fully saturated rings. The van der Waals surface area contributed by atoms with Crippen molar-refractivity contribution >= 4 is 5.69 Å². The van der Waals surface area contributed by atoms with E-state index in [0.717, 1.165) is 5.69 Å². The number of ether oxygens (including phenoxy) is 1. The Hall–Kier alpha value is -1.10. The van der Waals surface area contributed by atoms with Gasteiger partial charge < -0.3 is 19.8 Å². The van der Waals surface area contributed by atoms with Crippen LogP contribution in [0.25, 0.3) is 0 Å². The highest BCUT2D eigenvalue weighted by Crippen LogP contribution is 2.13. The van der Waals surface area contributed by atoms with Gasteiger partial charge in [-0.3, -0.25) is 0 Å². The second kappa shape index (κ2) is 8.06. The normalized spacial score (nSPS) is 12.4. The molecule has 1 aromatic rings. The molecule has 0 heterocycles. The summed E-state index contributed by atoms with van der Waals surface area (Å²) in [5.74, 6) is 0. The first-order chi connectivity index (χ1) is 8.27. The standard InChI is InChI=1S/C13H21NO3/c1-2-17-11-13(16)10-14(8-9-15)12-6-4-3-5-7-12/h3-7,13,15-16H,2,8-11H2,1H3. The predicted octanol–water partition coefficient (Wildman–Crippen LogP) is 0.883. The number of nitrogens with zero attached hydrogens (tertiary/aromatic N) is 1. The molecule has 0 saturated carbocycles. The Morgan fingerprint density at radius 1 is 1.29 bits per heavy atom. The first-order valence-corrected chi connectivity index (χ1v) is 5.94. The number of hydrogen-bond donors (Lipinski definition) is 2. The van der Waals surface area contributed by atoms with Crippen LogP contribution in [0.2, 0.25) is 0 Å². The van der Waals surface area contributed by atoms with E-state index in [1.165, 1.54) is 0 Å². The van der Waals surface area contributed by atoms with Crippen molar-refractivity contribution in [1.29, 1.82) is 0 Å². The van der Waals surface area contributed by atoms with E-state index in [-0.39, 0.29) is 6.61 Å². The van der Waals surface area contributed by atoms with Crippen LogP contribution in [0, 0.1) is 0 Å². The van der Waals surface area contributed by atoms with Crippen molar-refractivity contribution < 1.29 is 14.9 Å². The lowest BCUT2D eigenvalue weighted by Gasteiger charge is -2.26. The van der Waals surface area contributed by atoms with Crippen LogP contribution >= 0.6 is 0 Å². The van der Waals surface area contributed by atoms with E-state index in [0.29, 0.717) is 26.3 Å². The van der Waals surface area contributed by atoms with Crippen LogP contribution in [0.5, 0.6) is 0 Å². The number of rotatable bonds is 8. The van der Waals surface area contributed by atoms with Crippen molar-refractivity contribution in [3.05, 3.63) is 30.3 Å². The zero-order valence-electron chi connectivity index (χ0n) is 10.2. The lowest BCUT2D eigenvalue weighted by molar-refractivity contribution is 0.0460. The summed E-state index contributed by atoms with van der Waals surface area (Å²) in [4.78, 5) is 1.95. The third kappa shape index (κ3) is 5.17. The zero-order valence-corrected chi connectivity index (χ0v) is 10.2. The minimum absolute atomic E-state index is 0.0657. The van der Waals surface area contributed by atoms with Crippen molar-refractivity contribution in [3.8, 4) is 0 Å². The minimum Gasteiger partial charge on any atom is -0.395 e. The number of aliphatic hydroxyl groups is 2. The molecule has 2 N–H and O–H groups in total. The molecule has 17 heavy (non-hydrogen) atoms.